The minimum Gasteiger partial charge on any atom is -0.417 e. The Morgan fingerprint density at radius 2 is 1.32 bits per heavy atom. The summed E-state index contributed by atoms with van der Waals surface area (Å²) in [5, 5.41) is 4.59. The molecule has 1 aliphatic heterocycles. The largest absolute Gasteiger partial charge is 0.417 e. The van der Waals surface area contributed by atoms with E-state index in [1.165, 1.54) is 23.2 Å². The fourth-order valence-electron chi connectivity index (χ4n) is 4.29. The van der Waals surface area contributed by atoms with E-state index in [1.54, 1.807) is 10.4 Å². The van der Waals surface area contributed by atoms with Crippen molar-refractivity contribution in [3.63, 3.8) is 0 Å². The van der Waals surface area contributed by atoms with Crippen LogP contribution in [0.1, 0.15) is 12.0 Å². The van der Waals surface area contributed by atoms with Gasteiger partial charge in [-0.1, -0.05) is 101 Å². The van der Waals surface area contributed by atoms with Crippen LogP contribution in [0, 0.1) is 6.92 Å². The molecule has 0 aliphatic carbocycles. The van der Waals surface area contributed by atoms with E-state index in [9.17, 15) is 0 Å². The molecule has 3 heteroatoms. The fraction of sp³-hybridized carbons (Fsp3) is 0.182. The molecule has 0 amide bonds. The number of benzene rings is 3. The van der Waals surface area contributed by atoms with Gasteiger partial charge in [0.2, 0.25) is 8.56 Å². The first-order valence-corrected chi connectivity index (χ1v) is 14.2. The summed E-state index contributed by atoms with van der Waals surface area (Å²) in [6.45, 7) is 3.16. The Kier molecular flexibility index (Phi) is 4.70. The molecule has 1 aliphatic rings. The third-order valence-corrected chi connectivity index (χ3v) is 19.0. The zero-order valence-electron chi connectivity index (χ0n) is 14.7. The highest BCUT2D eigenvalue weighted by Gasteiger charge is 2.49. The van der Waals surface area contributed by atoms with Crippen molar-refractivity contribution < 1.29 is 4.43 Å². The molecule has 0 bridgehead atoms. The van der Waals surface area contributed by atoms with Crippen molar-refractivity contribution in [1.82, 2.24) is 0 Å². The Bertz CT molecular complexity index is 793. The normalized spacial score (nSPS) is 19.5. The van der Waals surface area contributed by atoms with Crippen LogP contribution in [0.2, 0.25) is 6.04 Å². The molecular weight excluding hydrogens is 336 g/mol. The summed E-state index contributed by atoms with van der Waals surface area (Å²) in [6.07, 6.45) is 1.17. The second kappa shape index (κ2) is 7.12. The molecule has 1 fully saturated rings. The highest BCUT2D eigenvalue weighted by atomic mass is 29.2. The summed E-state index contributed by atoms with van der Waals surface area (Å²) < 4.78 is 6.67. The maximum absolute atomic E-state index is 6.67. The van der Waals surface area contributed by atoms with Gasteiger partial charge in [-0.2, -0.15) is 0 Å². The summed E-state index contributed by atoms with van der Waals surface area (Å²) in [7, 11) is -3.51. The topological polar surface area (TPSA) is 9.23 Å². The average Bonchev–Trinajstić information content (AvgIpc) is 2.70. The molecule has 126 valence electrons. The summed E-state index contributed by atoms with van der Waals surface area (Å²) in [4.78, 5) is 0. The quantitative estimate of drug-likeness (QED) is 0.653. The van der Waals surface area contributed by atoms with Crippen LogP contribution in [-0.4, -0.2) is 22.8 Å². The van der Waals surface area contributed by atoms with Gasteiger partial charge in [-0.15, -0.1) is 0 Å². The van der Waals surface area contributed by atoms with Crippen molar-refractivity contribution >= 4 is 31.7 Å². The van der Waals surface area contributed by atoms with E-state index in [1.807, 2.05) is 0 Å². The van der Waals surface area contributed by atoms with Crippen molar-refractivity contribution in [2.45, 2.75) is 19.4 Å². The van der Waals surface area contributed by atoms with Gasteiger partial charge in [0.05, 0.1) is 0 Å². The molecule has 1 atom stereocenters. The fourth-order valence-corrected chi connectivity index (χ4v) is 18.7. The number of hydrogen-bond donors (Lipinski definition) is 0. The Balaban J connectivity index is 1.96. The van der Waals surface area contributed by atoms with E-state index in [4.69, 9.17) is 4.43 Å². The van der Waals surface area contributed by atoms with Crippen LogP contribution in [0.5, 0.6) is 0 Å². The molecule has 3 aromatic rings. The first kappa shape index (κ1) is 16.5. The van der Waals surface area contributed by atoms with E-state index in [0.717, 1.165) is 6.61 Å². The lowest BCUT2D eigenvalue weighted by molar-refractivity contribution is 0.326. The van der Waals surface area contributed by atoms with Crippen molar-refractivity contribution in [3.05, 3.63) is 90.5 Å². The Hall–Kier alpha value is -1.95. The lowest BCUT2D eigenvalue weighted by Gasteiger charge is -2.42. The molecule has 3 aromatic carbocycles. The number of rotatable bonds is 3. The Morgan fingerprint density at radius 1 is 0.760 bits per heavy atom. The maximum Gasteiger partial charge on any atom is 0.205 e. The SMILES string of the molecule is Cc1ccccc1[SiH]1OCCC[Si]1(c1ccccc1)c1ccccc1. The van der Waals surface area contributed by atoms with E-state index in [0.29, 0.717) is 0 Å². The van der Waals surface area contributed by atoms with E-state index < -0.39 is 16.1 Å². The van der Waals surface area contributed by atoms with Gasteiger partial charge in [-0.3, -0.25) is 0 Å². The summed E-state index contributed by atoms with van der Waals surface area (Å²) in [5.74, 6) is 0. The zero-order chi connectivity index (χ0) is 17.1. The molecule has 0 aromatic heterocycles. The van der Waals surface area contributed by atoms with Gasteiger partial charge in [0.15, 0.2) is 0 Å². The number of hydrogen-bond acceptors (Lipinski definition) is 1. The summed E-state index contributed by atoms with van der Waals surface area (Å²) >= 11 is 0. The van der Waals surface area contributed by atoms with Gasteiger partial charge in [0.25, 0.3) is 0 Å². The summed E-state index contributed by atoms with van der Waals surface area (Å²) in [6, 6.07) is 32.7. The smallest absolute Gasteiger partial charge is 0.205 e. The minimum absolute atomic E-state index is 0.916. The van der Waals surface area contributed by atoms with Crippen LogP contribution in [0.4, 0.5) is 0 Å². The second-order valence-corrected chi connectivity index (χ2v) is 16.8. The van der Waals surface area contributed by atoms with Gasteiger partial charge in [-0.05, 0) is 24.6 Å². The second-order valence-electron chi connectivity index (χ2n) is 6.91. The molecular formula is C22H24OSi2. The molecule has 1 nitrogen and oxygen atoms in total. The predicted octanol–water partition coefficient (Wildman–Crippen LogP) is 2.69. The van der Waals surface area contributed by atoms with E-state index in [-0.39, 0.29) is 0 Å². The average molecular weight is 361 g/mol. The van der Waals surface area contributed by atoms with Crippen molar-refractivity contribution in [2.24, 2.45) is 0 Å². The van der Waals surface area contributed by atoms with E-state index >= 15 is 0 Å². The highest BCUT2D eigenvalue weighted by molar-refractivity contribution is 7.46. The lowest BCUT2D eigenvalue weighted by atomic mass is 10.2. The molecule has 1 saturated heterocycles. The van der Waals surface area contributed by atoms with Crippen LogP contribution in [0.25, 0.3) is 0 Å². The maximum atomic E-state index is 6.67. The van der Waals surface area contributed by atoms with Crippen LogP contribution in [-0.2, 0) is 4.43 Å². The molecule has 0 spiro atoms. The molecule has 0 radical (unpaired) electrons. The third-order valence-electron chi connectivity index (χ3n) is 5.50. The Labute approximate surface area is 152 Å². The standard InChI is InChI=1S/C22H24OSi2/c1-19-11-8-9-16-22(19)24-23-17-10-18-25(24,20-12-4-2-5-13-20)21-14-6-3-7-15-21/h2-9,11-16,24H,10,17-18H2,1H3. The van der Waals surface area contributed by atoms with Crippen molar-refractivity contribution in [3.8, 4) is 0 Å². The van der Waals surface area contributed by atoms with Crippen molar-refractivity contribution in [2.75, 3.05) is 6.61 Å². The summed E-state index contributed by atoms with van der Waals surface area (Å²) in [5.41, 5.74) is 1.39. The predicted molar refractivity (Wildman–Crippen MR) is 111 cm³/mol. The highest BCUT2D eigenvalue weighted by Crippen LogP contribution is 2.23. The number of aryl methyl sites for hydroxylation is 1. The molecule has 1 unspecified atom stereocenters. The first-order valence-electron chi connectivity index (χ1n) is 9.10. The van der Waals surface area contributed by atoms with Crippen LogP contribution >= 0.6 is 0 Å². The molecule has 4 rings (SSSR count). The van der Waals surface area contributed by atoms with Crippen LogP contribution in [0.3, 0.4) is 0 Å². The molecule has 0 N–H and O–H groups in total. The first-order chi connectivity index (χ1) is 12.3. The van der Waals surface area contributed by atoms with Crippen LogP contribution in [0.15, 0.2) is 84.9 Å². The van der Waals surface area contributed by atoms with E-state index in [2.05, 4.69) is 91.9 Å². The van der Waals surface area contributed by atoms with Crippen LogP contribution < -0.4 is 15.6 Å². The zero-order valence-corrected chi connectivity index (χ0v) is 16.8. The van der Waals surface area contributed by atoms with Gasteiger partial charge in [0, 0.05) is 6.61 Å². The van der Waals surface area contributed by atoms with Gasteiger partial charge in [0.1, 0.15) is 7.59 Å². The molecule has 25 heavy (non-hydrogen) atoms. The van der Waals surface area contributed by atoms with Gasteiger partial charge in [-0.25, -0.2) is 0 Å². The van der Waals surface area contributed by atoms with Gasteiger partial charge >= 0.3 is 0 Å². The van der Waals surface area contributed by atoms with Crippen molar-refractivity contribution in [1.29, 1.82) is 0 Å². The Morgan fingerprint density at radius 3 is 1.92 bits per heavy atom. The third kappa shape index (κ3) is 2.93. The molecule has 0 saturated carbocycles. The minimum atomic E-state index is -1.92. The lowest BCUT2D eigenvalue weighted by Crippen LogP contribution is -2.75. The monoisotopic (exact) mass is 360 g/mol. The van der Waals surface area contributed by atoms with Gasteiger partial charge < -0.3 is 4.43 Å². The molecule has 1 heterocycles.